The predicted octanol–water partition coefficient (Wildman–Crippen LogP) is 2.76. The number of halogens is 2. The molecule has 10 nitrogen and oxygen atoms in total. The van der Waals surface area contributed by atoms with Crippen LogP contribution in [0.4, 0.5) is 10.3 Å². The molecule has 1 atom stereocenters. The van der Waals surface area contributed by atoms with Crippen molar-refractivity contribution in [1.82, 2.24) is 29.7 Å². The molecule has 5 rings (SSSR count). The zero-order valence-electron chi connectivity index (χ0n) is 18.0. The summed E-state index contributed by atoms with van der Waals surface area (Å²) in [4.78, 5) is 32.7. The van der Waals surface area contributed by atoms with Gasteiger partial charge in [0.05, 0.1) is 13.2 Å². The minimum atomic E-state index is -0.574. The Balaban J connectivity index is 1.67. The van der Waals surface area contributed by atoms with Crippen molar-refractivity contribution in [3.05, 3.63) is 56.9 Å². The summed E-state index contributed by atoms with van der Waals surface area (Å²) in [6.45, 7) is 4.53. The maximum atomic E-state index is 14.9. The molecule has 1 saturated heterocycles. The molecule has 4 heterocycles. The highest BCUT2D eigenvalue weighted by Gasteiger charge is 2.29. The molecular formula is C21H19ClFN7O3. The van der Waals surface area contributed by atoms with Crippen LogP contribution in [0.3, 0.4) is 0 Å². The number of benzene rings is 1. The van der Waals surface area contributed by atoms with E-state index < -0.39 is 11.9 Å². The van der Waals surface area contributed by atoms with Gasteiger partial charge in [-0.1, -0.05) is 16.8 Å². The fourth-order valence-electron chi connectivity index (χ4n) is 3.68. The van der Waals surface area contributed by atoms with E-state index in [0.29, 0.717) is 37.2 Å². The Morgan fingerprint density at radius 3 is 2.70 bits per heavy atom. The van der Waals surface area contributed by atoms with Gasteiger partial charge in [0.2, 0.25) is 5.95 Å². The van der Waals surface area contributed by atoms with Gasteiger partial charge in [-0.05, 0) is 32.0 Å². The van der Waals surface area contributed by atoms with Crippen LogP contribution < -0.4 is 10.5 Å². The van der Waals surface area contributed by atoms with Crippen LogP contribution in [0, 0.1) is 19.7 Å². The molecule has 0 amide bonds. The molecule has 33 heavy (non-hydrogen) atoms. The third-order valence-electron chi connectivity index (χ3n) is 5.49. The maximum Gasteiger partial charge on any atom is 0.279 e. The Labute approximate surface area is 192 Å². The van der Waals surface area contributed by atoms with Gasteiger partial charge in [0, 0.05) is 24.2 Å². The van der Waals surface area contributed by atoms with Crippen molar-refractivity contribution in [2.75, 3.05) is 24.6 Å². The first kappa shape index (κ1) is 21.4. The van der Waals surface area contributed by atoms with Crippen LogP contribution in [0.25, 0.3) is 22.3 Å². The lowest BCUT2D eigenvalue weighted by atomic mass is 10.1. The number of hydrogen-bond acceptors (Lipinski definition) is 9. The SMILES string of the molecule is Cc1noc([C@H]2CN(c3nc(-c4ccc(Cl)cc4F)c4nc(C)n(C)c(=O)c4n3)CCO2)n1. The second-order valence-corrected chi connectivity index (χ2v) is 8.14. The van der Waals surface area contributed by atoms with E-state index >= 15 is 0 Å². The number of ether oxygens (including phenoxy) is 1. The van der Waals surface area contributed by atoms with Gasteiger partial charge >= 0.3 is 0 Å². The molecule has 1 aromatic carbocycles. The summed E-state index contributed by atoms with van der Waals surface area (Å²) < 4.78 is 27.3. The number of fused-ring (bicyclic) bond motifs is 1. The van der Waals surface area contributed by atoms with Crippen LogP contribution >= 0.6 is 11.6 Å². The molecule has 0 saturated carbocycles. The highest BCUT2D eigenvalue weighted by atomic mass is 35.5. The lowest BCUT2D eigenvalue weighted by Crippen LogP contribution is -2.39. The molecule has 3 aromatic heterocycles. The molecular weight excluding hydrogens is 453 g/mol. The third-order valence-corrected chi connectivity index (χ3v) is 5.73. The standard InChI is InChI=1S/C21H19ClFN7O3/c1-10-24-19(33-28-10)15-9-30(6-7-32-15)21-26-16(13-5-4-12(22)8-14(13)23)17-18(27-21)20(31)29(3)11(2)25-17/h4-5,8,15H,6-7,9H2,1-3H3/t15-/m1/s1. The number of morpholine rings is 1. The van der Waals surface area contributed by atoms with E-state index in [1.807, 2.05) is 4.90 Å². The summed E-state index contributed by atoms with van der Waals surface area (Å²) in [5, 5.41) is 4.06. The van der Waals surface area contributed by atoms with E-state index in [9.17, 15) is 9.18 Å². The molecule has 0 N–H and O–H groups in total. The number of anilines is 1. The molecule has 12 heteroatoms. The fraction of sp³-hybridized carbons (Fsp3) is 0.333. The van der Waals surface area contributed by atoms with Gasteiger partial charge in [-0.3, -0.25) is 9.36 Å². The van der Waals surface area contributed by atoms with Crippen molar-refractivity contribution in [2.24, 2.45) is 7.05 Å². The van der Waals surface area contributed by atoms with Gasteiger partial charge in [0.1, 0.15) is 22.9 Å². The molecule has 0 radical (unpaired) electrons. The minimum absolute atomic E-state index is 0.0918. The fourth-order valence-corrected chi connectivity index (χ4v) is 3.83. The molecule has 0 aliphatic carbocycles. The molecule has 0 unspecified atom stereocenters. The summed E-state index contributed by atoms with van der Waals surface area (Å²) in [7, 11) is 1.61. The molecule has 170 valence electrons. The predicted molar refractivity (Wildman–Crippen MR) is 118 cm³/mol. The smallest absolute Gasteiger partial charge is 0.279 e. The Kier molecular flexibility index (Phi) is 5.29. The summed E-state index contributed by atoms with van der Waals surface area (Å²) in [6, 6.07) is 4.27. The van der Waals surface area contributed by atoms with Crippen LogP contribution in [0.15, 0.2) is 27.5 Å². The van der Waals surface area contributed by atoms with Crippen molar-refractivity contribution in [3.63, 3.8) is 0 Å². The van der Waals surface area contributed by atoms with Crippen molar-refractivity contribution in [3.8, 4) is 11.3 Å². The zero-order valence-corrected chi connectivity index (χ0v) is 18.8. The lowest BCUT2D eigenvalue weighted by Gasteiger charge is -2.31. The molecule has 0 spiro atoms. The van der Waals surface area contributed by atoms with Crippen LogP contribution in [-0.4, -0.2) is 49.4 Å². The summed E-state index contributed by atoms with van der Waals surface area (Å²) in [5.74, 6) is 0.972. The van der Waals surface area contributed by atoms with Crippen LogP contribution in [0.2, 0.25) is 5.02 Å². The van der Waals surface area contributed by atoms with Gasteiger partial charge in [-0.15, -0.1) is 0 Å². The van der Waals surface area contributed by atoms with E-state index in [-0.39, 0.29) is 38.8 Å². The van der Waals surface area contributed by atoms with Gasteiger partial charge in [-0.25, -0.2) is 19.3 Å². The summed E-state index contributed by atoms with van der Waals surface area (Å²) in [5.41, 5.74) is 0.341. The Hall–Kier alpha value is -3.44. The van der Waals surface area contributed by atoms with Crippen molar-refractivity contribution in [2.45, 2.75) is 20.0 Å². The monoisotopic (exact) mass is 471 g/mol. The van der Waals surface area contributed by atoms with Gasteiger partial charge in [-0.2, -0.15) is 4.98 Å². The van der Waals surface area contributed by atoms with E-state index in [4.69, 9.17) is 20.9 Å². The topological polar surface area (TPSA) is 112 Å². The van der Waals surface area contributed by atoms with Crippen molar-refractivity contribution in [1.29, 1.82) is 0 Å². The van der Waals surface area contributed by atoms with Gasteiger partial charge < -0.3 is 14.2 Å². The van der Waals surface area contributed by atoms with Gasteiger partial charge in [0.25, 0.3) is 11.4 Å². The van der Waals surface area contributed by atoms with Crippen LogP contribution in [0.1, 0.15) is 23.6 Å². The highest BCUT2D eigenvalue weighted by Crippen LogP contribution is 2.31. The maximum absolute atomic E-state index is 14.9. The second kappa shape index (κ2) is 8.16. The Morgan fingerprint density at radius 1 is 1.15 bits per heavy atom. The number of aromatic nitrogens is 6. The first-order chi connectivity index (χ1) is 15.8. The third kappa shape index (κ3) is 3.83. The van der Waals surface area contributed by atoms with E-state index in [2.05, 4.69) is 25.1 Å². The van der Waals surface area contributed by atoms with Gasteiger partial charge in [0.15, 0.2) is 17.4 Å². The zero-order chi connectivity index (χ0) is 23.3. The number of rotatable bonds is 3. The average Bonchev–Trinajstić information content (AvgIpc) is 3.24. The molecule has 0 bridgehead atoms. The molecule has 1 fully saturated rings. The van der Waals surface area contributed by atoms with E-state index in [1.165, 1.54) is 16.7 Å². The first-order valence-corrected chi connectivity index (χ1v) is 10.6. The Morgan fingerprint density at radius 2 is 1.97 bits per heavy atom. The highest BCUT2D eigenvalue weighted by molar-refractivity contribution is 6.30. The van der Waals surface area contributed by atoms with Crippen LogP contribution in [0.5, 0.6) is 0 Å². The summed E-state index contributed by atoms with van der Waals surface area (Å²) >= 11 is 5.94. The first-order valence-electron chi connectivity index (χ1n) is 10.2. The largest absolute Gasteiger partial charge is 0.365 e. The minimum Gasteiger partial charge on any atom is -0.365 e. The number of nitrogens with zero attached hydrogens (tertiary/aromatic N) is 7. The van der Waals surface area contributed by atoms with Crippen molar-refractivity contribution < 1.29 is 13.7 Å². The second-order valence-electron chi connectivity index (χ2n) is 7.70. The normalized spacial score (nSPS) is 16.5. The number of aryl methyl sites for hydroxylation is 2. The number of hydrogen-bond donors (Lipinski definition) is 0. The van der Waals surface area contributed by atoms with E-state index in [0.717, 1.165) is 0 Å². The van der Waals surface area contributed by atoms with Crippen molar-refractivity contribution >= 4 is 28.6 Å². The Bertz CT molecular complexity index is 1440. The van der Waals surface area contributed by atoms with E-state index in [1.54, 1.807) is 27.0 Å². The molecule has 4 aromatic rings. The molecule has 1 aliphatic heterocycles. The quantitative estimate of drug-likeness (QED) is 0.445. The van der Waals surface area contributed by atoms with Crippen LogP contribution in [-0.2, 0) is 11.8 Å². The average molecular weight is 472 g/mol. The molecule has 1 aliphatic rings. The summed E-state index contributed by atoms with van der Waals surface area (Å²) in [6.07, 6.45) is -0.492. The lowest BCUT2D eigenvalue weighted by molar-refractivity contribution is 0.0181.